The monoisotopic (exact) mass is 404 g/mol. The van der Waals surface area contributed by atoms with Gasteiger partial charge in [-0.05, 0) is 38.9 Å². The van der Waals surface area contributed by atoms with Crippen LogP contribution in [0.5, 0.6) is 0 Å². The third-order valence-corrected chi connectivity index (χ3v) is 5.08. The predicted octanol–water partition coefficient (Wildman–Crippen LogP) is 4.65. The molecule has 5 heteroatoms. The van der Waals surface area contributed by atoms with E-state index >= 15 is 0 Å². The Kier molecular flexibility index (Phi) is 13.9. The molecule has 0 heterocycles. The van der Waals surface area contributed by atoms with Crippen LogP contribution >= 0.6 is 0 Å². The molecule has 2 N–H and O–H groups in total. The summed E-state index contributed by atoms with van der Waals surface area (Å²) in [5, 5.41) is 11.8. The first-order valence-electron chi connectivity index (χ1n) is 11.2. The molecule has 0 aliphatic rings. The van der Waals surface area contributed by atoms with Crippen molar-refractivity contribution in [2.45, 2.75) is 83.1 Å². The van der Waals surface area contributed by atoms with Gasteiger partial charge in [-0.15, -0.1) is 0 Å². The van der Waals surface area contributed by atoms with Crippen molar-refractivity contribution in [3.8, 4) is 0 Å². The van der Waals surface area contributed by atoms with Crippen LogP contribution in [0.15, 0.2) is 30.3 Å². The van der Waals surface area contributed by atoms with Crippen LogP contribution in [-0.2, 0) is 16.0 Å². The van der Waals surface area contributed by atoms with Crippen molar-refractivity contribution in [1.29, 1.82) is 0 Å². The second-order valence-corrected chi connectivity index (χ2v) is 8.29. The van der Waals surface area contributed by atoms with E-state index in [1.54, 1.807) is 0 Å². The first-order chi connectivity index (χ1) is 14.0. The summed E-state index contributed by atoms with van der Waals surface area (Å²) in [5.74, 6) is -0.909. The van der Waals surface area contributed by atoms with Crippen LogP contribution in [0.4, 0.5) is 0 Å². The summed E-state index contributed by atoms with van der Waals surface area (Å²) in [5.41, 5.74) is 1.44. The highest BCUT2D eigenvalue weighted by molar-refractivity contribution is 5.77. The maximum absolute atomic E-state index is 12.0. The molecule has 0 radical (unpaired) electrons. The quantitative estimate of drug-likeness (QED) is 0.371. The summed E-state index contributed by atoms with van der Waals surface area (Å²) in [6, 6.07) is 10.4. The number of hydrogen-bond acceptors (Lipinski definition) is 3. The molecule has 0 bridgehead atoms. The molecule has 0 saturated heterocycles. The molecule has 0 unspecified atom stereocenters. The summed E-state index contributed by atoms with van der Waals surface area (Å²) in [7, 11) is 3.76. The van der Waals surface area contributed by atoms with E-state index in [1.807, 2.05) is 19.0 Å². The van der Waals surface area contributed by atoms with Crippen LogP contribution in [-0.4, -0.2) is 48.6 Å². The highest BCUT2D eigenvalue weighted by atomic mass is 16.4. The maximum Gasteiger partial charge on any atom is 0.305 e. The molecule has 0 fully saturated rings. The number of nitrogens with one attached hydrogen (secondary N) is 1. The van der Waals surface area contributed by atoms with E-state index in [-0.39, 0.29) is 18.4 Å². The van der Waals surface area contributed by atoms with Gasteiger partial charge in [-0.25, -0.2) is 0 Å². The predicted molar refractivity (Wildman–Crippen MR) is 119 cm³/mol. The van der Waals surface area contributed by atoms with Gasteiger partial charge < -0.3 is 15.3 Å². The van der Waals surface area contributed by atoms with Gasteiger partial charge in [0.15, 0.2) is 0 Å². The van der Waals surface area contributed by atoms with Gasteiger partial charge in [0, 0.05) is 13.0 Å². The summed E-state index contributed by atoms with van der Waals surface area (Å²) >= 11 is 0. The summed E-state index contributed by atoms with van der Waals surface area (Å²) < 4.78 is 0. The van der Waals surface area contributed by atoms with Crippen molar-refractivity contribution in [1.82, 2.24) is 10.2 Å². The lowest BCUT2D eigenvalue weighted by Gasteiger charge is -2.20. The number of nitrogens with zero attached hydrogens (tertiary/aromatic N) is 1. The first kappa shape index (κ1) is 25.2. The number of benzene rings is 1. The molecule has 0 aromatic heterocycles. The third-order valence-electron chi connectivity index (χ3n) is 5.08. The largest absolute Gasteiger partial charge is 0.481 e. The Labute approximate surface area is 176 Å². The molecule has 1 aromatic rings. The summed E-state index contributed by atoms with van der Waals surface area (Å²) in [6.45, 7) is 0.545. The minimum Gasteiger partial charge on any atom is -0.481 e. The van der Waals surface area contributed by atoms with Gasteiger partial charge in [0.1, 0.15) is 0 Å². The minimum atomic E-state index is -0.878. The van der Waals surface area contributed by atoms with E-state index < -0.39 is 5.97 Å². The number of carboxylic acid groups (broad SMARTS) is 1. The molecule has 5 nitrogen and oxygen atoms in total. The lowest BCUT2D eigenvalue weighted by atomic mass is 10.0. The molecule has 164 valence electrons. The topological polar surface area (TPSA) is 69.6 Å². The Morgan fingerprint density at radius 2 is 1.45 bits per heavy atom. The average Bonchev–Trinajstić information content (AvgIpc) is 2.65. The molecule has 1 aromatic carbocycles. The molecule has 0 spiro atoms. The Morgan fingerprint density at radius 3 is 2.00 bits per heavy atom. The normalized spacial score (nSPS) is 12.1. The molecule has 1 amide bonds. The van der Waals surface area contributed by atoms with Gasteiger partial charge in [-0.3, -0.25) is 9.59 Å². The first-order valence-corrected chi connectivity index (χ1v) is 11.2. The molecule has 29 heavy (non-hydrogen) atoms. The van der Waals surface area contributed by atoms with Crippen molar-refractivity contribution in [2.75, 3.05) is 20.6 Å². The zero-order chi connectivity index (χ0) is 21.3. The van der Waals surface area contributed by atoms with Crippen LogP contribution in [0.25, 0.3) is 0 Å². The molecule has 1 atom stereocenters. The van der Waals surface area contributed by atoms with E-state index in [4.69, 9.17) is 5.11 Å². The molecule has 0 aliphatic carbocycles. The second kappa shape index (κ2) is 16.0. The number of aliphatic carboxylic acids is 1. The fraction of sp³-hybridized carbons (Fsp3) is 0.667. The lowest BCUT2D eigenvalue weighted by Crippen LogP contribution is -2.42. The van der Waals surface area contributed by atoms with Crippen molar-refractivity contribution < 1.29 is 14.7 Å². The highest BCUT2D eigenvalue weighted by Gasteiger charge is 2.16. The zero-order valence-corrected chi connectivity index (χ0v) is 18.4. The third kappa shape index (κ3) is 14.7. The highest BCUT2D eigenvalue weighted by Crippen LogP contribution is 2.12. The van der Waals surface area contributed by atoms with Gasteiger partial charge in [0.05, 0.1) is 12.5 Å². The molecular formula is C24H40N2O3. The van der Waals surface area contributed by atoms with Gasteiger partial charge in [-0.2, -0.15) is 0 Å². The average molecular weight is 405 g/mol. The van der Waals surface area contributed by atoms with Gasteiger partial charge in [0.25, 0.3) is 0 Å². The van der Waals surface area contributed by atoms with Crippen LogP contribution in [0.2, 0.25) is 0 Å². The number of unbranched alkanes of at least 4 members (excludes halogenated alkanes) is 8. The summed E-state index contributed by atoms with van der Waals surface area (Å²) in [6.07, 6.45) is 12.5. The summed E-state index contributed by atoms with van der Waals surface area (Å²) in [4.78, 5) is 24.8. The van der Waals surface area contributed by atoms with Crippen LogP contribution in [0, 0.1) is 0 Å². The van der Waals surface area contributed by atoms with Crippen LogP contribution in [0.1, 0.15) is 76.2 Å². The van der Waals surface area contributed by atoms with E-state index in [0.29, 0.717) is 13.0 Å². The van der Waals surface area contributed by atoms with Crippen molar-refractivity contribution in [2.24, 2.45) is 0 Å². The molecule has 0 saturated carbocycles. The van der Waals surface area contributed by atoms with Gasteiger partial charge in [-0.1, -0.05) is 75.3 Å². The van der Waals surface area contributed by atoms with Crippen molar-refractivity contribution >= 4 is 11.9 Å². The van der Waals surface area contributed by atoms with Crippen LogP contribution in [0.3, 0.4) is 0 Å². The number of carbonyl (C=O) groups is 2. The smallest absolute Gasteiger partial charge is 0.305 e. The fourth-order valence-electron chi connectivity index (χ4n) is 3.61. The Balaban J connectivity index is 1.95. The SMILES string of the molecule is CN(C)C[C@@H](CC(=O)O)NC(=O)CCCCCCCCCCCc1ccccc1. The lowest BCUT2D eigenvalue weighted by molar-refractivity contribution is -0.137. The van der Waals surface area contributed by atoms with Crippen LogP contribution < -0.4 is 5.32 Å². The fourth-order valence-corrected chi connectivity index (χ4v) is 3.61. The van der Waals surface area contributed by atoms with Gasteiger partial charge in [0.2, 0.25) is 5.91 Å². The Bertz CT molecular complexity index is 561. The van der Waals surface area contributed by atoms with Crippen molar-refractivity contribution in [3.63, 3.8) is 0 Å². The van der Waals surface area contributed by atoms with E-state index in [1.165, 1.54) is 56.9 Å². The number of amides is 1. The number of hydrogen-bond donors (Lipinski definition) is 2. The Morgan fingerprint density at radius 1 is 0.897 bits per heavy atom. The minimum absolute atomic E-state index is 0.0310. The van der Waals surface area contributed by atoms with E-state index in [9.17, 15) is 9.59 Å². The zero-order valence-electron chi connectivity index (χ0n) is 18.4. The molecule has 1 rings (SSSR count). The molecule has 0 aliphatic heterocycles. The number of carboxylic acids is 1. The maximum atomic E-state index is 12.0. The van der Waals surface area contributed by atoms with Gasteiger partial charge >= 0.3 is 5.97 Å². The Hall–Kier alpha value is -1.88. The number of rotatable bonds is 17. The number of carbonyl (C=O) groups excluding carboxylic acids is 1. The van der Waals surface area contributed by atoms with E-state index in [0.717, 1.165) is 12.8 Å². The van der Waals surface area contributed by atoms with E-state index in [2.05, 4.69) is 35.6 Å². The number of aryl methyl sites for hydroxylation is 1. The molecular weight excluding hydrogens is 364 g/mol. The standard InChI is InChI=1S/C24H40N2O3/c1-26(2)20-22(19-24(28)29)25-23(27)18-14-9-7-5-3-4-6-8-11-15-21-16-12-10-13-17-21/h10,12-13,16-17,22H,3-9,11,14-15,18-20H2,1-2H3,(H,25,27)(H,28,29)/t22-/m1/s1. The second-order valence-electron chi connectivity index (χ2n) is 8.29. The number of likely N-dealkylation sites (N-methyl/N-ethyl adjacent to an activating group) is 1. The van der Waals surface area contributed by atoms with Crippen molar-refractivity contribution in [3.05, 3.63) is 35.9 Å².